The molecular formula is C16H22FN5O2. The van der Waals surface area contributed by atoms with Crippen molar-refractivity contribution in [3.05, 3.63) is 29.1 Å². The van der Waals surface area contributed by atoms with E-state index in [1.165, 1.54) is 0 Å². The van der Waals surface area contributed by atoms with Gasteiger partial charge >= 0.3 is 0 Å². The van der Waals surface area contributed by atoms with Gasteiger partial charge in [0, 0.05) is 6.92 Å². The SMILES string of the molecule is Cc1nc(C)c(F)c(OCC2CCN(Cc3nnc(C)o3)CC2)n1. The summed E-state index contributed by atoms with van der Waals surface area (Å²) in [4.78, 5) is 10.3. The summed E-state index contributed by atoms with van der Waals surface area (Å²) in [5.74, 6) is 1.74. The molecule has 2 aromatic rings. The van der Waals surface area contributed by atoms with E-state index in [1.807, 2.05) is 0 Å². The Morgan fingerprint density at radius 3 is 2.58 bits per heavy atom. The third-order valence-corrected chi connectivity index (χ3v) is 4.19. The van der Waals surface area contributed by atoms with Crippen LogP contribution < -0.4 is 4.74 Å². The zero-order valence-electron chi connectivity index (χ0n) is 14.3. The van der Waals surface area contributed by atoms with E-state index in [-0.39, 0.29) is 5.88 Å². The van der Waals surface area contributed by atoms with Crippen LogP contribution in [0.3, 0.4) is 0 Å². The van der Waals surface area contributed by atoms with Crippen LogP contribution in [-0.2, 0) is 6.54 Å². The third kappa shape index (κ3) is 4.05. The average Bonchev–Trinajstić information content (AvgIpc) is 2.96. The number of halogens is 1. The smallest absolute Gasteiger partial charge is 0.254 e. The lowest BCUT2D eigenvalue weighted by atomic mass is 9.98. The number of piperidine rings is 1. The van der Waals surface area contributed by atoms with E-state index in [0.29, 0.717) is 42.4 Å². The van der Waals surface area contributed by atoms with Gasteiger partial charge in [-0.25, -0.2) is 4.98 Å². The van der Waals surface area contributed by atoms with Crippen molar-refractivity contribution >= 4 is 0 Å². The van der Waals surface area contributed by atoms with Gasteiger partial charge in [0.25, 0.3) is 5.88 Å². The largest absolute Gasteiger partial charge is 0.475 e. The van der Waals surface area contributed by atoms with E-state index in [2.05, 4.69) is 25.1 Å². The van der Waals surface area contributed by atoms with E-state index < -0.39 is 5.82 Å². The molecule has 0 radical (unpaired) electrons. The molecule has 7 nitrogen and oxygen atoms in total. The molecule has 130 valence electrons. The minimum Gasteiger partial charge on any atom is -0.475 e. The van der Waals surface area contributed by atoms with E-state index in [4.69, 9.17) is 9.15 Å². The maximum Gasteiger partial charge on any atom is 0.254 e. The molecule has 2 aromatic heterocycles. The highest BCUT2D eigenvalue weighted by Crippen LogP contribution is 2.22. The Labute approximate surface area is 140 Å². The molecule has 3 heterocycles. The number of likely N-dealkylation sites (tertiary alicyclic amines) is 1. The zero-order valence-corrected chi connectivity index (χ0v) is 14.3. The number of ether oxygens (including phenoxy) is 1. The first-order valence-electron chi connectivity index (χ1n) is 8.16. The van der Waals surface area contributed by atoms with Crippen molar-refractivity contribution in [2.75, 3.05) is 19.7 Å². The standard InChI is InChI=1S/C16H22FN5O2/c1-10-15(17)16(19-11(2)18-10)23-9-13-4-6-22(7-5-13)8-14-21-20-12(3)24-14/h13H,4-9H2,1-3H3. The van der Waals surface area contributed by atoms with Crippen LogP contribution in [0.1, 0.15) is 36.1 Å². The second kappa shape index (κ2) is 7.21. The summed E-state index contributed by atoms with van der Waals surface area (Å²) in [5, 5.41) is 7.86. The van der Waals surface area contributed by atoms with Gasteiger partial charge in [0.2, 0.25) is 17.6 Å². The number of nitrogens with zero attached hydrogens (tertiary/aromatic N) is 5. The second-order valence-corrected chi connectivity index (χ2v) is 6.22. The lowest BCUT2D eigenvalue weighted by molar-refractivity contribution is 0.124. The molecule has 0 unspecified atom stereocenters. The van der Waals surface area contributed by atoms with Crippen molar-refractivity contribution in [3.8, 4) is 5.88 Å². The van der Waals surface area contributed by atoms with Crippen LogP contribution in [0.4, 0.5) is 4.39 Å². The molecule has 0 atom stereocenters. The lowest BCUT2D eigenvalue weighted by Crippen LogP contribution is -2.35. The van der Waals surface area contributed by atoms with Crippen LogP contribution in [0.25, 0.3) is 0 Å². The van der Waals surface area contributed by atoms with Crippen molar-refractivity contribution in [3.63, 3.8) is 0 Å². The van der Waals surface area contributed by atoms with Gasteiger partial charge in [-0.1, -0.05) is 0 Å². The molecule has 0 aromatic carbocycles. The Balaban J connectivity index is 1.47. The summed E-state index contributed by atoms with van der Waals surface area (Å²) in [6.45, 7) is 8.15. The van der Waals surface area contributed by atoms with Crippen molar-refractivity contribution < 1.29 is 13.5 Å². The molecule has 24 heavy (non-hydrogen) atoms. The van der Waals surface area contributed by atoms with Gasteiger partial charge in [-0.15, -0.1) is 10.2 Å². The van der Waals surface area contributed by atoms with E-state index >= 15 is 0 Å². The second-order valence-electron chi connectivity index (χ2n) is 6.22. The summed E-state index contributed by atoms with van der Waals surface area (Å²) in [6, 6.07) is 0. The van der Waals surface area contributed by atoms with Gasteiger partial charge in [0.15, 0.2) is 0 Å². The monoisotopic (exact) mass is 335 g/mol. The maximum absolute atomic E-state index is 14.0. The highest BCUT2D eigenvalue weighted by atomic mass is 19.1. The van der Waals surface area contributed by atoms with Crippen LogP contribution >= 0.6 is 0 Å². The van der Waals surface area contributed by atoms with Crippen LogP contribution in [0.5, 0.6) is 5.88 Å². The topological polar surface area (TPSA) is 77.2 Å². The van der Waals surface area contributed by atoms with E-state index in [9.17, 15) is 4.39 Å². The molecule has 1 fully saturated rings. The van der Waals surface area contributed by atoms with Gasteiger partial charge in [0.1, 0.15) is 5.82 Å². The summed E-state index contributed by atoms with van der Waals surface area (Å²) < 4.78 is 25.0. The van der Waals surface area contributed by atoms with Gasteiger partial charge in [-0.05, 0) is 45.7 Å². The van der Waals surface area contributed by atoms with Crippen molar-refractivity contribution in [1.82, 2.24) is 25.1 Å². The van der Waals surface area contributed by atoms with Gasteiger partial charge in [-0.3, -0.25) is 4.90 Å². The lowest BCUT2D eigenvalue weighted by Gasteiger charge is -2.30. The van der Waals surface area contributed by atoms with E-state index in [1.54, 1.807) is 20.8 Å². The third-order valence-electron chi connectivity index (χ3n) is 4.19. The molecule has 0 bridgehead atoms. The van der Waals surface area contributed by atoms with Crippen LogP contribution in [0.15, 0.2) is 4.42 Å². The first-order valence-corrected chi connectivity index (χ1v) is 8.16. The molecule has 0 N–H and O–H groups in total. The first kappa shape index (κ1) is 16.8. The number of aromatic nitrogens is 4. The maximum atomic E-state index is 14.0. The average molecular weight is 335 g/mol. The highest BCUT2D eigenvalue weighted by Gasteiger charge is 2.22. The van der Waals surface area contributed by atoms with Crippen LogP contribution in [-0.4, -0.2) is 44.8 Å². The Bertz CT molecular complexity index is 698. The Kier molecular flexibility index (Phi) is 5.03. The molecule has 0 saturated carbocycles. The molecular weight excluding hydrogens is 313 g/mol. The highest BCUT2D eigenvalue weighted by molar-refractivity contribution is 5.18. The molecule has 0 spiro atoms. The van der Waals surface area contributed by atoms with Crippen LogP contribution in [0.2, 0.25) is 0 Å². The normalized spacial score (nSPS) is 16.5. The summed E-state index contributed by atoms with van der Waals surface area (Å²) in [7, 11) is 0. The molecule has 8 heteroatoms. The molecule has 1 aliphatic heterocycles. The number of rotatable bonds is 5. The van der Waals surface area contributed by atoms with Crippen molar-refractivity contribution in [2.45, 2.75) is 40.2 Å². The van der Waals surface area contributed by atoms with E-state index in [0.717, 1.165) is 25.9 Å². The zero-order chi connectivity index (χ0) is 17.1. The molecule has 0 aliphatic carbocycles. The van der Waals surface area contributed by atoms with Gasteiger partial charge in [-0.2, -0.15) is 9.37 Å². The molecule has 1 aliphatic rings. The van der Waals surface area contributed by atoms with Crippen molar-refractivity contribution in [1.29, 1.82) is 0 Å². The number of hydrogen-bond donors (Lipinski definition) is 0. The fraction of sp³-hybridized carbons (Fsp3) is 0.625. The predicted molar refractivity (Wildman–Crippen MR) is 84.0 cm³/mol. The number of aryl methyl sites for hydroxylation is 3. The molecule has 3 rings (SSSR count). The Morgan fingerprint density at radius 2 is 1.92 bits per heavy atom. The van der Waals surface area contributed by atoms with Gasteiger partial charge < -0.3 is 9.15 Å². The van der Waals surface area contributed by atoms with Crippen molar-refractivity contribution in [2.24, 2.45) is 5.92 Å². The predicted octanol–water partition coefficient (Wildman–Crippen LogP) is 2.21. The minimum absolute atomic E-state index is 0.0590. The van der Waals surface area contributed by atoms with Crippen LogP contribution in [0, 0.1) is 32.5 Å². The molecule has 1 saturated heterocycles. The Hall–Kier alpha value is -2.09. The quantitative estimate of drug-likeness (QED) is 0.829. The summed E-state index contributed by atoms with van der Waals surface area (Å²) in [5.41, 5.74) is 0.321. The van der Waals surface area contributed by atoms with Gasteiger partial charge in [0.05, 0.1) is 18.8 Å². The molecule has 0 amide bonds. The number of hydrogen-bond acceptors (Lipinski definition) is 7. The first-order chi connectivity index (χ1) is 11.5. The fourth-order valence-electron chi connectivity index (χ4n) is 2.86. The summed E-state index contributed by atoms with van der Waals surface area (Å²) >= 11 is 0. The fourth-order valence-corrected chi connectivity index (χ4v) is 2.86. The minimum atomic E-state index is -0.468. The Morgan fingerprint density at radius 1 is 1.17 bits per heavy atom. The summed E-state index contributed by atoms with van der Waals surface area (Å²) in [6.07, 6.45) is 1.97.